The van der Waals surface area contributed by atoms with Crippen LogP contribution in [0.4, 0.5) is 0 Å². The minimum Gasteiger partial charge on any atom is -0.272 e. The Morgan fingerprint density at radius 2 is 0.362 bits per heavy atom. The van der Waals surface area contributed by atoms with E-state index in [-0.39, 0.29) is 85.8 Å². The van der Waals surface area contributed by atoms with Crippen molar-refractivity contribution in [2.45, 2.75) is 233 Å². The van der Waals surface area contributed by atoms with Crippen LogP contribution in [0.25, 0.3) is 66.2 Å². The average molecular weight is 946 g/mol. The van der Waals surface area contributed by atoms with Crippen LogP contribution in [0.5, 0.6) is 0 Å². The van der Waals surface area contributed by atoms with E-state index in [0.29, 0.717) is 19.3 Å². The van der Waals surface area contributed by atoms with Crippen LogP contribution >= 0.6 is 0 Å². The summed E-state index contributed by atoms with van der Waals surface area (Å²) in [7, 11) is 0. The number of hydrogen-bond donors (Lipinski definition) is 0. The molecule has 15 heteroatoms. The largest absolute Gasteiger partial charge is 0.281 e. The van der Waals surface area contributed by atoms with E-state index in [4.69, 9.17) is 29.9 Å². The highest BCUT2D eigenvalue weighted by Gasteiger charge is 2.27. The molecule has 0 aliphatic heterocycles. The summed E-state index contributed by atoms with van der Waals surface area (Å²) >= 11 is 0. The Morgan fingerprint density at radius 1 is 0.217 bits per heavy atom. The molecule has 0 bridgehead atoms. The maximum atomic E-state index is 13.9. The van der Waals surface area contributed by atoms with Crippen molar-refractivity contribution < 1.29 is 0 Å². The van der Waals surface area contributed by atoms with Crippen LogP contribution in [-0.4, -0.2) is 43.6 Å². The van der Waals surface area contributed by atoms with Crippen LogP contribution in [0.15, 0.2) is 28.8 Å². The summed E-state index contributed by atoms with van der Waals surface area (Å²) in [5, 5.41) is 0. The van der Waals surface area contributed by atoms with Crippen molar-refractivity contribution in [2.75, 3.05) is 0 Å². The summed E-state index contributed by atoms with van der Waals surface area (Å²) in [5.74, 6) is 0. The molecule has 6 aromatic heterocycles. The van der Waals surface area contributed by atoms with Crippen LogP contribution in [-0.2, 0) is 19.6 Å². The van der Waals surface area contributed by atoms with E-state index in [2.05, 4.69) is 20.8 Å². The molecule has 0 atom stereocenters. The summed E-state index contributed by atoms with van der Waals surface area (Å²) in [6.07, 6.45) is 33.1. The van der Waals surface area contributed by atoms with E-state index < -0.39 is 33.4 Å². The fourth-order valence-corrected chi connectivity index (χ4v) is 10.1. The van der Waals surface area contributed by atoms with Gasteiger partial charge < -0.3 is 0 Å². The van der Waals surface area contributed by atoms with Gasteiger partial charge in [0.1, 0.15) is 33.1 Å². The van der Waals surface area contributed by atoms with Crippen molar-refractivity contribution in [3.63, 3.8) is 0 Å². The zero-order chi connectivity index (χ0) is 48.7. The molecule has 0 amide bonds. The Bertz CT molecular complexity index is 2620. The number of benzene rings is 1. The number of unbranched alkanes of at least 4 members (excludes halogenated alkanes) is 27. The van der Waals surface area contributed by atoms with Gasteiger partial charge in [-0.05, 0) is 19.3 Å². The maximum absolute atomic E-state index is 13.9. The van der Waals surface area contributed by atoms with Crippen molar-refractivity contribution >= 4 is 66.2 Å². The van der Waals surface area contributed by atoms with Crippen molar-refractivity contribution in [1.29, 1.82) is 0 Å². The third-order valence-corrected chi connectivity index (χ3v) is 14.3. The highest BCUT2D eigenvalue weighted by Crippen LogP contribution is 2.31. The molecule has 7 rings (SSSR count). The molecule has 0 saturated heterocycles. The molecule has 7 aromatic rings. The standard InChI is InChI=1S/C54H75N9O6/c1-4-7-10-13-16-19-22-25-28-31-34-61-49(64)43-44(50(61)65)56-38-37(55-43)39-41(59-47-45(57-39)51(66)62(53(47)68)35-32-29-26-23-20-17-14-11-8-5-2)42-40(38)58-46-48(60-42)54(69)63(52(46)67)36-33-30-27-24-21-18-15-12-9-6-3/h4-36H2,1-3H3. The molecule has 0 radical (unpaired) electrons. The molecular formula is C54H75N9O6. The molecule has 1 aromatic carbocycles. The number of nitrogens with zero attached hydrogens (tertiary/aromatic N) is 9. The number of hydrogen-bond acceptors (Lipinski definition) is 12. The molecule has 0 aliphatic carbocycles. The number of fused-ring (bicyclic) bond motifs is 9. The monoisotopic (exact) mass is 946 g/mol. The van der Waals surface area contributed by atoms with Crippen LogP contribution in [0.3, 0.4) is 0 Å². The van der Waals surface area contributed by atoms with Crippen molar-refractivity contribution in [1.82, 2.24) is 43.6 Å². The minimum atomic E-state index is -0.583. The fraction of sp³-hybridized carbons (Fsp3) is 0.667. The van der Waals surface area contributed by atoms with Gasteiger partial charge in [0.2, 0.25) is 0 Å². The lowest BCUT2D eigenvalue weighted by atomic mass is 10.1. The second-order valence-electron chi connectivity index (χ2n) is 19.7. The lowest BCUT2D eigenvalue weighted by molar-refractivity contribution is 0.529. The first-order valence-corrected chi connectivity index (χ1v) is 27.1. The lowest BCUT2D eigenvalue weighted by Gasteiger charge is -2.06. The van der Waals surface area contributed by atoms with Crippen molar-refractivity contribution in [3.05, 3.63) is 62.1 Å². The Hall–Kier alpha value is -5.34. The molecule has 0 unspecified atom stereocenters. The van der Waals surface area contributed by atoms with E-state index >= 15 is 0 Å². The van der Waals surface area contributed by atoms with Gasteiger partial charge in [0.05, 0.1) is 0 Å². The molecule has 69 heavy (non-hydrogen) atoms. The second-order valence-corrected chi connectivity index (χ2v) is 19.7. The molecule has 0 N–H and O–H groups in total. The molecule has 0 spiro atoms. The molecular weight excluding hydrogens is 871 g/mol. The molecule has 372 valence electrons. The van der Waals surface area contributed by atoms with E-state index in [1.54, 1.807) is 0 Å². The van der Waals surface area contributed by atoms with Gasteiger partial charge in [-0.3, -0.25) is 42.5 Å². The van der Waals surface area contributed by atoms with Gasteiger partial charge in [-0.1, -0.05) is 194 Å². The first kappa shape index (κ1) is 51.5. The number of aromatic nitrogens is 9. The molecule has 0 aliphatic rings. The predicted molar refractivity (Wildman–Crippen MR) is 279 cm³/mol. The number of rotatable bonds is 33. The second kappa shape index (κ2) is 25.5. The third-order valence-electron chi connectivity index (χ3n) is 14.3. The van der Waals surface area contributed by atoms with E-state index in [1.165, 1.54) is 129 Å². The SMILES string of the molecule is CCCCCCCCCCCCn1c(=O)c2nc3c4nc5c(=O)n(CCCCCCCCCCCC)c(=O)c5nc4c4nc5c(=O)n(CCCCCCCCCCCC)c(=O)c5nc4c3nc2c1=O. The lowest BCUT2D eigenvalue weighted by Crippen LogP contribution is -2.25. The van der Waals surface area contributed by atoms with E-state index in [9.17, 15) is 28.8 Å². The van der Waals surface area contributed by atoms with Gasteiger partial charge in [-0.25, -0.2) is 29.9 Å². The summed E-state index contributed by atoms with van der Waals surface area (Å²) in [6, 6.07) is 0. The molecule has 0 saturated carbocycles. The van der Waals surface area contributed by atoms with Gasteiger partial charge in [0, 0.05) is 19.6 Å². The third kappa shape index (κ3) is 12.0. The maximum Gasteiger partial charge on any atom is 0.281 e. The Morgan fingerprint density at radius 3 is 0.522 bits per heavy atom. The van der Waals surface area contributed by atoms with E-state index in [0.717, 1.165) is 57.8 Å². The van der Waals surface area contributed by atoms with Gasteiger partial charge in [-0.2, -0.15) is 0 Å². The Balaban J connectivity index is 1.21. The van der Waals surface area contributed by atoms with Gasteiger partial charge >= 0.3 is 0 Å². The first-order chi connectivity index (χ1) is 33.7. The summed E-state index contributed by atoms with van der Waals surface area (Å²) in [6.45, 7) is 7.27. The zero-order valence-corrected chi connectivity index (χ0v) is 41.8. The van der Waals surface area contributed by atoms with Gasteiger partial charge in [-0.15, -0.1) is 0 Å². The van der Waals surface area contributed by atoms with Crippen LogP contribution in [0.2, 0.25) is 0 Å². The molecule has 15 nitrogen and oxygen atoms in total. The van der Waals surface area contributed by atoms with Crippen molar-refractivity contribution in [2.24, 2.45) is 0 Å². The Kier molecular flexibility index (Phi) is 19.0. The molecule has 0 fully saturated rings. The summed E-state index contributed by atoms with van der Waals surface area (Å²) in [4.78, 5) is 112. The molecule has 6 heterocycles. The van der Waals surface area contributed by atoms with Gasteiger partial charge in [0.25, 0.3) is 33.4 Å². The quantitative estimate of drug-likeness (QED) is 0.0280. The van der Waals surface area contributed by atoms with E-state index in [1.807, 2.05) is 0 Å². The minimum absolute atomic E-state index is 0.0233. The fourth-order valence-electron chi connectivity index (χ4n) is 10.1. The predicted octanol–water partition coefficient (Wildman–Crippen LogP) is 10.6. The zero-order valence-electron chi connectivity index (χ0n) is 41.8. The highest BCUT2D eigenvalue weighted by atomic mass is 16.2. The summed E-state index contributed by atoms with van der Waals surface area (Å²) < 4.78 is 3.52. The normalized spacial score (nSPS) is 12.2. The first-order valence-electron chi connectivity index (χ1n) is 27.1. The Labute approximate surface area is 403 Å². The van der Waals surface area contributed by atoms with Crippen molar-refractivity contribution in [3.8, 4) is 0 Å². The topological polar surface area (TPSA) is 195 Å². The van der Waals surface area contributed by atoms with Crippen LogP contribution in [0, 0.1) is 0 Å². The average Bonchev–Trinajstić information content (AvgIpc) is 3.84. The highest BCUT2D eigenvalue weighted by molar-refractivity contribution is 6.20. The van der Waals surface area contributed by atoms with Crippen LogP contribution < -0.4 is 33.4 Å². The summed E-state index contributed by atoms with van der Waals surface area (Å²) in [5.41, 5.74) is -4.30. The van der Waals surface area contributed by atoms with Crippen LogP contribution in [0.1, 0.15) is 213 Å². The van der Waals surface area contributed by atoms with Gasteiger partial charge in [0.15, 0.2) is 33.1 Å². The smallest absolute Gasteiger partial charge is 0.272 e.